The summed E-state index contributed by atoms with van der Waals surface area (Å²) in [7, 11) is -1.13. The van der Waals surface area contributed by atoms with E-state index in [4.69, 9.17) is 0 Å². The Morgan fingerprint density at radius 1 is 0.947 bits per heavy atom. The van der Waals surface area contributed by atoms with Crippen LogP contribution in [0.1, 0.15) is 64.0 Å². The Labute approximate surface area is 261 Å². The molecule has 5 heteroatoms. The van der Waals surface area contributed by atoms with Crippen molar-refractivity contribution in [3.05, 3.63) is 99.5 Å². The smallest absolute Gasteiger partial charge is 1.00 e. The first-order valence-corrected chi connectivity index (χ1v) is 16.3. The van der Waals surface area contributed by atoms with Crippen molar-refractivity contribution < 1.29 is 51.0 Å². The van der Waals surface area contributed by atoms with Gasteiger partial charge in [-0.25, -0.2) is 0 Å². The van der Waals surface area contributed by atoms with Gasteiger partial charge in [-0.05, 0) is 58.9 Å². The molecule has 197 valence electrons. The van der Waals surface area contributed by atoms with Crippen molar-refractivity contribution in [1.29, 1.82) is 0 Å². The molecule has 3 heterocycles. The first-order chi connectivity index (χ1) is 16.8. The van der Waals surface area contributed by atoms with Crippen LogP contribution in [0.5, 0.6) is 0 Å². The molecule has 3 aliphatic heterocycles. The number of fused-ring (bicyclic) bond motifs is 1. The quantitative estimate of drug-likeness (QED) is 0.223. The van der Waals surface area contributed by atoms with Crippen LogP contribution in [0, 0.1) is 0 Å². The Hall–Kier alpha value is -1.38. The minimum absolute atomic E-state index is 0. The van der Waals surface area contributed by atoms with Crippen molar-refractivity contribution in [1.82, 2.24) is 0 Å². The molecule has 0 amide bonds. The van der Waals surface area contributed by atoms with Gasteiger partial charge in [0.15, 0.2) is 0 Å². The van der Waals surface area contributed by atoms with Gasteiger partial charge in [0.2, 0.25) is 0 Å². The molecule has 1 aliphatic carbocycles. The van der Waals surface area contributed by atoms with E-state index >= 15 is 0 Å². The van der Waals surface area contributed by atoms with Crippen molar-refractivity contribution >= 4 is 24.6 Å². The van der Waals surface area contributed by atoms with Crippen molar-refractivity contribution in [3.63, 3.8) is 0 Å². The summed E-state index contributed by atoms with van der Waals surface area (Å²) in [6.07, 6.45) is 9.21. The molecule has 38 heavy (non-hydrogen) atoms. The predicted molar refractivity (Wildman–Crippen MR) is 156 cm³/mol. The summed E-state index contributed by atoms with van der Waals surface area (Å²) in [5, 5.41) is 6.01. The largest absolute Gasteiger partial charge is 3.00 e. The third-order valence-electron chi connectivity index (χ3n) is 7.98. The van der Waals surface area contributed by atoms with Gasteiger partial charge in [-0.1, -0.05) is 82.6 Å². The molecule has 0 atom stereocenters. The van der Waals surface area contributed by atoms with Crippen molar-refractivity contribution in [2.24, 2.45) is 4.99 Å². The molecule has 1 nitrogen and oxygen atoms in total. The fourth-order valence-electron chi connectivity index (χ4n) is 6.15. The minimum atomic E-state index is -1.13. The first-order valence-electron chi connectivity index (χ1n) is 13.3. The first kappa shape index (κ1) is 32.8. The molecule has 1 radical (unpaired) electrons. The van der Waals surface area contributed by atoms with Crippen LogP contribution >= 0.6 is 0 Å². The van der Waals surface area contributed by atoms with Crippen LogP contribution in [0.15, 0.2) is 93.4 Å². The molecule has 0 aromatic heterocycles. The number of hydrogen-bond donors (Lipinski definition) is 0. The average Bonchev–Trinajstić information content (AvgIpc) is 3.57. The van der Waals surface area contributed by atoms with Gasteiger partial charge in [0.05, 0.1) is 5.71 Å². The summed E-state index contributed by atoms with van der Waals surface area (Å²) in [6.45, 7) is 13.9. The fourth-order valence-corrected chi connectivity index (χ4v) is 10.00. The topological polar surface area (TPSA) is 12.4 Å². The van der Waals surface area contributed by atoms with E-state index in [0.29, 0.717) is 5.92 Å². The Bertz CT molecular complexity index is 1400. The number of unbranched alkanes of at least 4 members (excludes halogenated alkanes) is 2. The summed E-state index contributed by atoms with van der Waals surface area (Å²) < 4.78 is 0. The van der Waals surface area contributed by atoms with E-state index in [1.165, 1.54) is 75.6 Å². The molecule has 0 saturated heterocycles. The van der Waals surface area contributed by atoms with Gasteiger partial charge in [-0.2, -0.15) is 6.07 Å². The summed E-state index contributed by atoms with van der Waals surface area (Å²) in [5.74, 6) is 0.580. The molecular formula is C33H38Cl2NSiZr. The third-order valence-corrected chi connectivity index (χ3v) is 11.7. The van der Waals surface area contributed by atoms with Gasteiger partial charge in [0.25, 0.3) is 0 Å². The molecule has 0 fully saturated rings. The summed E-state index contributed by atoms with van der Waals surface area (Å²) in [5.41, 5.74) is 9.86. The third kappa shape index (κ3) is 5.87. The van der Waals surface area contributed by atoms with Crippen molar-refractivity contribution in [2.75, 3.05) is 0 Å². The molecule has 4 aliphatic rings. The van der Waals surface area contributed by atoms with E-state index < -0.39 is 8.07 Å². The van der Waals surface area contributed by atoms with Crippen LogP contribution in [0.25, 0.3) is 21.9 Å². The molecule has 0 spiro atoms. The van der Waals surface area contributed by atoms with Gasteiger partial charge in [-0.3, -0.25) is 4.99 Å². The van der Waals surface area contributed by atoms with Crippen LogP contribution in [0.2, 0.25) is 13.1 Å². The van der Waals surface area contributed by atoms with Gasteiger partial charge in [0.1, 0.15) is 8.07 Å². The van der Waals surface area contributed by atoms with Crippen LogP contribution < -0.4 is 24.8 Å². The number of halogens is 2. The standard InChI is InChI=1S/C23H27.C10H11NSi.2ClH.Zr/c1-4-5-6-8-18-11-13-19(14-12-18)22-10-7-9-20-15-21(17(2)3)16-23(20)22;1-6-9-7-4-5-11-8(7)10(6)12(9,2)3;;;/h7,9-17H,4-6,8H2,1-3H3;4-5H,1-3H3;2*1H;/q-1;;;;+3/p-2. The van der Waals surface area contributed by atoms with Gasteiger partial charge >= 0.3 is 26.2 Å². The maximum absolute atomic E-state index is 4.42. The molecule has 3 aromatic rings. The second kappa shape index (κ2) is 13.3. The number of aryl methyl sites for hydroxylation is 1. The predicted octanol–water partition coefficient (Wildman–Crippen LogP) is 3.47. The van der Waals surface area contributed by atoms with Gasteiger partial charge in [0, 0.05) is 11.8 Å². The molecule has 3 aromatic carbocycles. The average molecular weight is 639 g/mol. The van der Waals surface area contributed by atoms with E-state index in [0.717, 1.165) is 0 Å². The minimum Gasteiger partial charge on any atom is -1.00 e. The SMILES string of the molecule is CC1=C2C3=NC=CC3=C1[Si]2(C)C.CCCCCc1ccc(-c2cccc3[cH-]c(C(C)C)cc23)cc1.[Cl-].[Cl-].[Zr+3]. The Kier molecular flexibility index (Phi) is 11.5. The zero-order valence-electron chi connectivity index (χ0n) is 23.5. The molecule has 0 saturated carbocycles. The zero-order valence-corrected chi connectivity index (χ0v) is 28.4. The zero-order chi connectivity index (χ0) is 24.7. The second-order valence-corrected chi connectivity index (χ2v) is 15.4. The van der Waals surface area contributed by atoms with Gasteiger partial charge < -0.3 is 24.8 Å². The fraction of sp³-hybridized carbons (Fsp3) is 0.333. The molecular weight excluding hydrogens is 601 g/mol. The van der Waals surface area contributed by atoms with Crippen molar-refractivity contribution in [2.45, 2.75) is 72.4 Å². The molecule has 2 bridgehead atoms. The Balaban J connectivity index is 0.000000287. The number of hydrogen-bond acceptors (Lipinski definition) is 1. The number of aliphatic imine (C=N–C) groups is 1. The maximum Gasteiger partial charge on any atom is 3.00 e. The second-order valence-electron chi connectivity index (χ2n) is 11.1. The van der Waals surface area contributed by atoms with Crippen LogP contribution in [-0.4, -0.2) is 13.8 Å². The summed E-state index contributed by atoms with van der Waals surface area (Å²) in [4.78, 5) is 4.42. The van der Waals surface area contributed by atoms with Crippen LogP contribution in [-0.2, 0) is 32.6 Å². The Morgan fingerprint density at radius 2 is 1.66 bits per heavy atom. The number of nitrogens with zero attached hydrogens (tertiary/aromatic N) is 1. The van der Waals surface area contributed by atoms with E-state index in [-0.39, 0.29) is 51.0 Å². The molecule has 7 rings (SSSR count). The normalized spacial score (nSPS) is 15.7. The maximum atomic E-state index is 4.42. The Morgan fingerprint density at radius 3 is 2.26 bits per heavy atom. The number of rotatable bonds is 6. The van der Waals surface area contributed by atoms with E-state index in [1.807, 2.05) is 6.20 Å². The monoisotopic (exact) mass is 636 g/mol. The summed E-state index contributed by atoms with van der Waals surface area (Å²) >= 11 is 0. The number of allylic oxidation sites excluding steroid dienone is 5. The summed E-state index contributed by atoms with van der Waals surface area (Å²) in [6, 6.07) is 20.5. The van der Waals surface area contributed by atoms with E-state index in [2.05, 4.69) is 106 Å². The van der Waals surface area contributed by atoms with Crippen molar-refractivity contribution in [3.8, 4) is 11.1 Å². The van der Waals surface area contributed by atoms with E-state index in [1.54, 1.807) is 10.4 Å². The van der Waals surface area contributed by atoms with Gasteiger partial charge in [-0.15, -0.1) is 34.5 Å². The van der Waals surface area contributed by atoms with Crippen LogP contribution in [0.3, 0.4) is 0 Å². The van der Waals surface area contributed by atoms with E-state index in [9.17, 15) is 0 Å². The number of benzene rings is 2. The molecule has 0 unspecified atom stereocenters. The molecule has 0 N–H and O–H groups in total. The van der Waals surface area contributed by atoms with Crippen LogP contribution in [0.4, 0.5) is 0 Å².